The van der Waals surface area contributed by atoms with Gasteiger partial charge in [-0.1, -0.05) is 60.7 Å². The van der Waals surface area contributed by atoms with Crippen LogP contribution in [0.2, 0.25) is 0 Å². The average molecular weight is 343 g/mol. The van der Waals surface area contributed by atoms with E-state index in [1.165, 1.54) is 7.11 Å². The van der Waals surface area contributed by atoms with Gasteiger partial charge in [0.05, 0.1) is 24.8 Å². The van der Waals surface area contributed by atoms with E-state index in [1.807, 2.05) is 71.4 Å². The lowest BCUT2D eigenvalue weighted by atomic mass is 10.0. The van der Waals surface area contributed by atoms with Gasteiger partial charge in [0.15, 0.2) is 0 Å². The van der Waals surface area contributed by atoms with Gasteiger partial charge in [-0.3, -0.25) is 0 Å². The highest BCUT2D eigenvalue weighted by atomic mass is 16.5. The van der Waals surface area contributed by atoms with Gasteiger partial charge < -0.3 is 14.3 Å². The Hall–Kier alpha value is -3.60. The van der Waals surface area contributed by atoms with E-state index >= 15 is 0 Å². The third kappa shape index (κ3) is 2.69. The molecule has 2 aromatic carbocycles. The second kappa shape index (κ2) is 6.72. The van der Waals surface area contributed by atoms with E-state index in [9.17, 15) is 4.79 Å². The number of carbonyl (C=O) groups excluding carboxylic acids is 1. The summed E-state index contributed by atoms with van der Waals surface area (Å²) in [5, 5.41) is 0. The number of aromatic nitrogens is 3. The second-order valence-electron chi connectivity index (χ2n) is 5.79. The number of esters is 1. The van der Waals surface area contributed by atoms with Crippen LogP contribution in [-0.2, 0) is 4.74 Å². The van der Waals surface area contributed by atoms with Crippen molar-refractivity contribution < 1.29 is 9.53 Å². The Morgan fingerprint density at radius 2 is 1.65 bits per heavy atom. The Balaban J connectivity index is 2.08. The van der Waals surface area contributed by atoms with E-state index in [0.29, 0.717) is 5.69 Å². The second-order valence-corrected chi connectivity index (χ2v) is 5.79. The first-order valence-corrected chi connectivity index (χ1v) is 8.23. The molecule has 0 radical (unpaired) electrons. The van der Waals surface area contributed by atoms with Crippen LogP contribution in [0, 0.1) is 0 Å². The maximum absolute atomic E-state index is 12.5. The van der Waals surface area contributed by atoms with E-state index in [2.05, 4.69) is 9.97 Å². The van der Waals surface area contributed by atoms with Crippen molar-refractivity contribution in [2.75, 3.05) is 7.11 Å². The van der Waals surface area contributed by atoms with Crippen molar-refractivity contribution in [2.24, 2.45) is 0 Å². The van der Waals surface area contributed by atoms with E-state index < -0.39 is 5.97 Å². The lowest BCUT2D eigenvalue weighted by Crippen LogP contribution is -2.04. The van der Waals surface area contributed by atoms with Crippen molar-refractivity contribution in [3.05, 3.63) is 85.1 Å². The Kier molecular flexibility index (Phi) is 4.11. The smallest absolute Gasteiger partial charge is 0.355 e. The number of hydrogen-bond acceptors (Lipinski definition) is 3. The maximum atomic E-state index is 12.5. The summed E-state index contributed by atoms with van der Waals surface area (Å²) in [6.07, 6.45) is 5.31. The summed E-state index contributed by atoms with van der Waals surface area (Å²) < 4.78 is 6.94. The predicted molar refractivity (Wildman–Crippen MR) is 100 cm³/mol. The number of benzene rings is 2. The molecule has 2 heterocycles. The van der Waals surface area contributed by atoms with Gasteiger partial charge in [0.25, 0.3) is 0 Å². The Morgan fingerprint density at radius 1 is 1.00 bits per heavy atom. The molecular formula is C21H17N3O2. The highest BCUT2D eigenvalue weighted by Gasteiger charge is 2.25. The lowest BCUT2D eigenvalue weighted by molar-refractivity contribution is 0.0596. The van der Waals surface area contributed by atoms with E-state index in [-0.39, 0.29) is 0 Å². The number of imidazole rings is 1. The number of ether oxygens (including phenoxy) is 1. The summed E-state index contributed by atoms with van der Waals surface area (Å²) in [6, 6.07) is 19.7. The summed E-state index contributed by atoms with van der Waals surface area (Å²) >= 11 is 0. The number of aromatic amines is 1. The van der Waals surface area contributed by atoms with Crippen molar-refractivity contribution >= 4 is 5.97 Å². The van der Waals surface area contributed by atoms with Crippen LogP contribution in [0.5, 0.6) is 0 Å². The van der Waals surface area contributed by atoms with Crippen molar-refractivity contribution in [2.45, 2.75) is 0 Å². The van der Waals surface area contributed by atoms with Crippen molar-refractivity contribution in [1.29, 1.82) is 0 Å². The summed E-state index contributed by atoms with van der Waals surface area (Å²) in [5.41, 5.74) is 4.80. The van der Waals surface area contributed by atoms with Crippen LogP contribution in [-0.4, -0.2) is 27.6 Å². The van der Waals surface area contributed by atoms with Crippen molar-refractivity contribution in [3.63, 3.8) is 0 Å². The third-order valence-corrected chi connectivity index (χ3v) is 4.25. The quantitative estimate of drug-likeness (QED) is 0.561. The topological polar surface area (TPSA) is 59.9 Å². The van der Waals surface area contributed by atoms with Crippen molar-refractivity contribution in [3.8, 4) is 28.1 Å². The highest BCUT2D eigenvalue weighted by molar-refractivity contribution is 6.01. The predicted octanol–water partition coefficient (Wildman–Crippen LogP) is 4.32. The monoisotopic (exact) mass is 343 g/mol. The van der Waals surface area contributed by atoms with Crippen LogP contribution >= 0.6 is 0 Å². The number of hydrogen-bond donors (Lipinski definition) is 1. The first-order valence-electron chi connectivity index (χ1n) is 8.23. The number of methoxy groups -OCH3 is 1. The lowest BCUT2D eigenvalue weighted by Gasteiger charge is -2.09. The van der Waals surface area contributed by atoms with Gasteiger partial charge in [0.1, 0.15) is 5.69 Å². The van der Waals surface area contributed by atoms with Crippen LogP contribution in [0.3, 0.4) is 0 Å². The molecule has 1 N–H and O–H groups in total. The van der Waals surface area contributed by atoms with Crippen LogP contribution in [0.1, 0.15) is 10.5 Å². The number of nitrogens with zero attached hydrogens (tertiary/aromatic N) is 2. The summed E-state index contributed by atoms with van der Waals surface area (Å²) in [5.74, 6) is -0.410. The van der Waals surface area contributed by atoms with Crippen LogP contribution in [0.25, 0.3) is 28.1 Å². The Morgan fingerprint density at radius 3 is 2.23 bits per heavy atom. The number of H-pyrrole nitrogens is 1. The normalized spacial score (nSPS) is 10.7. The fourth-order valence-electron chi connectivity index (χ4n) is 3.09. The molecule has 0 bridgehead atoms. The molecule has 5 nitrogen and oxygen atoms in total. The third-order valence-electron chi connectivity index (χ3n) is 4.25. The molecule has 0 spiro atoms. The molecule has 0 fully saturated rings. The van der Waals surface area contributed by atoms with Gasteiger partial charge in [-0.25, -0.2) is 9.78 Å². The van der Waals surface area contributed by atoms with E-state index in [4.69, 9.17) is 4.74 Å². The molecule has 5 heteroatoms. The zero-order valence-electron chi connectivity index (χ0n) is 14.2. The molecule has 0 atom stereocenters. The molecule has 0 aliphatic carbocycles. The highest BCUT2D eigenvalue weighted by Crippen LogP contribution is 2.38. The molecule has 26 heavy (non-hydrogen) atoms. The number of carbonyl (C=O) groups is 1. The standard InChI is InChI=1S/C21H17N3O2/c1-26-21(25)19-17(15-8-4-2-5-9-15)20(24-13-12-22-14-24)18(23-19)16-10-6-3-7-11-16/h2-14,23H,1H3. The van der Waals surface area contributed by atoms with Gasteiger partial charge in [-0.05, 0) is 5.56 Å². The fourth-order valence-corrected chi connectivity index (χ4v) is 3.09. The summed E-state index contributed by atoms with van der Waals surface area (Å²) in [7, 11) is 1.39. The first kappa shape index (κ1) is 15.9. The number of rotatable bonds is 4. The van der Waals surface area contributed by atoms with Gasteiger partial charge in [-0.2, -0.15) is 0 Å². The zero-order chi connectivity index (χ0) is 17.9. The van der Waals surface area contributed by atoms with E-state index in [1.54, 1.807) is 12.5 Å². The molecule has 4 aromatic rings. The first-order chi connectivity index (χ1) is 12.8. The van der Waals surface area contributed by atoms with Crippen LogP contribution < -0.4 is 0 Å². The summed E-state index contributed by atoms with van der Waals surface area (Å²) in [4.78, 5) is 20.0. The SMILES string of the molecule is COC(=O)c1[nH]c(-c2ccccc2)c(-n2ccnc2)c1-c1ccccc1. The molecule has 0 unspecified atom stereocenters. The van der Waals surface area contributed by atoms with Gasteiger partial charge in [0, 0.05) is 23.5 Å². The molecule has 2 aromatic heterocycles. The molecule has 4 rings (SSSR count). The minimum atomic E-state index is -0.410. The van der Waals surface area contributed by atoms with E-state index in [0.717, 1.165) is 28.1 Å². The van der Waals surface area contributed by atoms with Crippen LogP contribution in [0.4, 0.5) is 0 Å². The summed E-state index contributed by atoms with van der Waals surface area (Å²) in [6.45, 7) is 0. The molecule has 0 saturated heterocycles. The van der Waals surface area contributed by atoms with Gasteiger partial charge >= 0.3 is 5.97 Å². The fraction of sp³-hybridized carbons (Fsp3) is 0.0476. The molecule has 0 aliphatic rings. The Bertz CT molecular complexity index is 1020. The zero-order valence-corrected chi connectivity index (χ0v) is 14.2. The molecule has 128 valence electrons. The van der Waals surface area contributed by atoms with Gasteiger partial charge in [0.2, 0.25) is 0 Å². The molecular weight excluding hydrogens is 326 g/mol. The van der Waals surface area contributed by atoms with Crippen molar-refractivity contribution in [1.82, 2.24) is 14.5 Å². The van der Waals surface area contributed by atoms with Crippen LogP contribution in [0.15, 0.2) is 79.4 Å². The molecule has 0 amide bonds. The Labute approximate surface area is 150 Å². The largest absolute Gasteiger partial charge is 0.464 e. The number of nitrogens with one attached hydrogen (secondary N) is 1. The minimum Gasteiger partial charge on any atom is -0.464 e. The average Bonchev–Trinajstić information content (AvgIpc) is 3.36. The van der Waals surface area contributed by atoms with Gasteiger partial charge in [-0.15, -0.1) is 0 Å². The minimum absolute atomic E-state index is 0.410. The molecule has 0 saturated carbocycles. The molecule has 0 aliphatic heterocycles. The maximum Gasteiger partial charge on any atom is 0.355 e.